The lowest BCUT2D eigenvalue weighted by Gasteiger charge is -2.38. The molecule has 110 valence electrons. The average molecular weight is 313 g/mol. The third-order valence-electron chi connectivity index (χ3n) is 3.67. The van der Waals surface area contributed by atoms with Gasteiger partial charge in [0, 0.05) is 25.2 Å². The summed E-state index contributed by atoms with van der Waals surface area (Å²) in [6.07, 6.45) is 1.68. The topological polar surface area (TPSA) is 73.2 Å². The Morgan fingerprint density at radius 3 is 2.75 bits per heavy atom. The third-order valence-corrected chi connectivity index (χ3v) is 7.04. The van der Waals surface area contributed by atoms with Gasteiger partial charge in [-0.2, -0.15) is 9.57 Å². The van der Waals surface area contributed by atoms with Gasteiger partial charge in [0.05, 0.1) is 0 Å². The Balaban J connectivity index is 2.32. The van der Waals surface area contributed by atoms with Gasteiger partial charge in [-0.15, -0.1) is 11.3 Å². The molecule has 5 nitrogen and oxygen atoms in total. The van der Waals surface area contributed by atoms with Crippen LogP contribution in [0.15, 0.2) is 16.3 Å². The van der Waals surface area contributed by atoms with Gasteiger partial charge in [-0.05, 0) is 25.0 Å². The highest BCUT2D eigenvalue weighted by Gasteiger charge is 2.36. The molecule has 1 aliphatic heterocycles. The fraction of sp³-hybridized carbons (Fsp3) is 0.615. The van der Waals surface area contributed by atoms with Crippen LogP contribution in [0.25, 0.3) is 0 Å². The van der Waals surface area contributed by atoms with Gasteiger partial charge in [-0.25, -0.2) is 8.42 Å². The van der Waals surface area contributed by atoms with E-state index < -0.39 is 10.0 Å². The van der Waals surface area contributed by atoms with Gasteiger partial charge in [0.2, 0.25) is 0 Å². The van der Waals surface area contributed by atoms with Crippen molar-refractivity contribution < 1.29 is 8.42 Å². The zero-order chi connectivity index (χ0) is 14.8. The number of rotatable bonds is 4. The van der Waals surface area contributed by atoms with E-state index in [1.54, 1.807) is 10.4 Å². The summed E-state index contributed by atoms with van der Waals surface area (Å²) in [5.41, 5.74) is 0. The number of sulfonamides is 1. The van der Waals surface area contributed by atoms with Crippen molar-refractivity contribution in [3.05, 3.63) is 17.0 Å². The van der Waals surface area contributed by atoms with E-state index in [0.717, 1.165) is 24.2 Å². The molecular weight excluding hydrogens is 294 g/mol. The molecule has 0 bridgehead atoms. The Bertz CT molecular complexity index is 603. The summed E-state index contributed by atoms with van der Waals surface area (Å²) < 4.78 is 27.4. The van der Waals surface area contributed by atoms with Crippen molar-refractivity contribution in [1.29, 1.82) is 5.26 Å². The second-order valence-corrected chi connectivity index (χ2v) is 8.08. The molecule has 1 N–H and O–H groups in total. The van der Waals surface area contributed by atoms with Crippen LogP contribution in [0.5, 0.6) is 0 Å². The number of nitriles is 1. The second-order valence-electron chi connectivity index (χ2n) is 4.88. The molecule has 1 aliphatic rings. The zero-order valence-corrected chi connectivity index (χ0v) is 13.3. The number of piperazine rings is 1. The Kier molecular flexibility index (Phi) is 4.81. The number of nitrogens with zero attached hydrogens (tertiary/aromatic N) is 2. The number of nitrogens with one attached hydrogen (secondary N) is 1. The molecule has 2 heterocycles. The lowest BCUT2D eigenvalue weighted by Crippen LogP contribution is -2.57. The van der Waals surface area contributed by atoms with Crippen LogP contribution in [-0.2, 0) is 10.0 Å². The zero-order valence-electron chi connectivity index (χ0n) is 11.7. The molecule has 2 unspecified atom stereocenters. The minimum absolute atomic E-state index is 0.0181. The molecule has 1 aromatic rings. The Labute approximate surface area is 124 Å². The van der Waals surface area contributed by atoms with Crippen LogP contribution in [0.3, 0.4) is 0 Å². The van der Waals surface area contributed by atoms with E-state index in [4.69, 9.17) is 5.26 Å². The van der Waals surface area contributed by atoms with Crippen molar-refractivity contribution >= 4 is 21.4 Å². The highest BCUT2D eigenvalue weighted by molar-refractivity contribution is 7.91. The normalized spacial score (nSPS) is 24.4. The molecule has 0 radical (unpaired) electrons. The van der Waals surface area contributed by atoms with Gasteiger partial charge in [0.25, 0.3) is 10.0 Å². The van der Waals surface area contributed by atoms with Gasteiger partial charge in [-0.3, -0.25) is 0 Å². The molecule has 0 saturated carbocycles. The smallest absolute Gasteiger partial charge is 0.252 e. The predicted molar refractivity (Wildman–Crippen MR) is 79.1 cm³/mol. The standard InChI is InChI=1S/C13H19N3O2S2/c1-3-10-9-16(11(4-2)8-15-10)20(17,18)13-6-5-12(7-14)19-13/h5-6,10-11,15H,3-4,8-9H2,1-2H3. The van der Waals surface area contributed by atoms with Gasteiger partial charge in [0.15, 0.2) is 0 Å². The van der Waals surface area contributed by atoms with Crippen LogP contribution in [0, 0.1) is 11.3 Å². The van der Waals surface area contributed by atoms with E-state index in [-0.39, 0.29) is 16.3 Å². The second kappa shape index (κ2) is 6.22. The maximum absolute atomic E-state index is 12.7. The van der Waals surface area contributed by atoms with Crippen LogP contribution < -0.4 is 5.32 Å². The van der Waals surface area contributed by atoms with E-state index in [1.165, 1.54) is 6.07 Å². The first kappa shape index (κ1) is 15.4. The van der Waals surface area contributed by atoms with Crippen LogP contribution in [-0.4, -0.2) is 37.9 Å². The van der Waals surface area contributed by atoms with Gasteiger partial charge in [-0.1, -0.05) is 13.8 Å². The van der Waals surface area contributed by atoms with Crippen LogP contribution in [0.4, 0.5) is 0 Å². The molecule has 20 heavy (non-hydrogen) atoms. The summed E-state index contributed by atoms with van der Waals surface area (Å²) >= 11 is 1.04. The average Bonchev–Trinajstić information content (AvgIpc) is 2.96. The molecule has 0 aromatic carbocycles. The summed E-state index contributed by atoms with van der Waals surface area (Å²) in [6, 6.07) is 5.27. The van der Waals surface area contributed by atoms with Crippen molar-refractivity contribution in [3.8, 4) is 6.07 Å². The van der Waals surface area contributed by atoms with Crippen LogP contribution in [0.1, 0.15) is 31.6 Å². The minimum Gasteiger partial charge on any atom is -0.311 e. The maximum atomic E-state index is 12.7. The van der Waals surface area contributed by atoms with Crippen molar-refractivity contribution in [2.75, 3.05) is 13.1 Å². The Morgan fingerprint density at radius 2 is 2.20 bits per heavy atom. The highest BCUT2D eigenvalue weighted by Crippen LogP contribution is 2.28. The van der Waals surface area contributed by atoms with Crippen LogP contribution in [0.2, 0.25) is 0 Å². The molecule has 0 spiro atoms. The maximum Gasteiger partial charge on any atom is 0.252 e. The monoisotopic (exact) mass is 313 g/mol. The molecule has 0 amide bonds. The van der Waals surface area contributed by atoms with Gasteiger partial charge < -0.3 is 5.32 Å². The molecule has 0 aliphatic carbocycles. The summed E-state index contributed by atoms with van der Waals surface area (Å²) in [7, 11) is -3.49. The Morgan fingerprint density at radius 1 is 1.45 bits per heavy atom. The van der Waals surface area contributed by atoms with Crippen LogP contribution >= 0.6 is 11.3 Å². The van der Waals surface area contributed by atoms with E-state index >= 15 is 0 Å². The minimum atomic E-state index is -3.49. The largest absolute Gasteiger partial charge is 0.311 e. The first-order chi connectivity index (χ1) is 9.52. The fourth-order valence-corrected chi connectivity index (χ4v) is 5.36. The van der Waals surface area contributed by atoms with E-state index in [0.29, 0.717) is 18.0 Å². The van der Waals surface area contributed by atoms with E-state index in [9.17, 15) is 8.42 Å². The SMILES string of the molecule is CCC1CN(S(=O)(=O)c2ccc(C#N)s2)C(CC)CN1. The molecular formula is C13H19N3O2S2. The summed E-state index contributed by atoms with van der Waals surface area (Å²) in [4.78, 5) is 0.429. The molecule has 2 rings (SSSR count). The first-order valence-electron chi connectivity index (χ1n) is 6.78. The predicted octanol–water partition coefficient (Wildman–Crippen LogP) is 1.77. The molecule has 1 aromatic heterocycles. The molecule has 7 heteroatoms. The lowest BCUT2D eigenvalue weighted by molar-refractivity contribution is 0.216. The molecule has 1 saturated heterocycles. The lowest BCUT2D eigenvalue weighted by atomic mass is 10.1. The highest BCUT2D eigenvalue weighted by atomic mass is 32.2. The van der Waals surface area contributed by atoms with Gasteiger partial charge >= 0.3 is 0 Å². The summed E-state index contributed by atoms with van der Waals surface area (Å²) in [5.74, 6) is 0. The number of hydrogen-bond acceptors (Lipinski definition) is 5. The summed E-state index contributed by atoms with van der Waals surface area (Å²) in [6.45, 7) is 5.23. The van der Waals surface area contributed by atoms with Crippen molar-refractivity contribution in [3.63, 3.8) is 0 Å². The third kappa shape index (κ3) is 2.88. The van der Waals surface area contributed by atoms with E-state index in [1.807, 2.05) is 19.9 Å². The van der Waals surface area contributed by atoms with Crippen molar-refractivity contribution in [2.45, 2.75) is 43.0 Å². The molecule has 2 atom stereocenters. The Hall–Kier alpha value is -0.940. The first-order valence-corrected chi connectivity index (χ1v) is 9.03. The number of hydrogen-bond donors (Lipinski definition) is 1. The molecule has 1 fully saturated rings. The van der Waals surface area contributed by atoms with Crippen molar-refractivity contribution in [2.24, 2.45) is 0 Å². The fourth-order valence-electron chi connectivity index (χ4n) is 2.39. The van der Waals surface area contributed by atoms with E-state index in [2.05, 4.69) is 5.32 Å². The van der Waals surface area contributed by atoms with Gasteiger partial charge in [0.1, 0.15) is 15.2 Å². The number of thiophene rings is 1. The summed E-state index contributed by atoms with van der Waals surface area (Å²) in [5, 5.41) is 12.2. The van der Waals surface area contributed by atoms with Crippen molar-refractivity contribution in [1.82, 2.24) is 9.62 Å². The quantitative estimate of drug-likeness (QED) is 0.919.